The van der Waals surface area contributed by atoms with E-state index in [-0.39, 0.29) is 0 Å². The van der Waals surface area contributed by atoms with E-state index in [0.717, 1.165) is 17.4 Å². The Morgan fingerprint density at radius 1 is 1.47 bits per heavy atom. The van der Waals surface area contributed by atoms with Gasteiger partial charge < -0.3 is 4.90 Å². The zero-order chi connectivity index (χ0) is 10.8. The van der Waals surface area contributed by atoms with Gasteiger partial charge in [0.1, 0.15) is 5.82 Å². The highest BCUT2D eigenvalue weighted by Crippen LogP contribution is 2.35. The van der Waals surface area contributed by atoms with Crippen molar-refractivity contribution in [3.63, 3.8) is 0 Å². The summed E-state index contributed by atoms with van der Waals surface area (Å²) in [6.45, 7) is 2.24. The third kappa shape index (κ3) is 2.40. The van der Waals surface area contributed by atoms with Crippen LogP contribution < -0.4 is 4.90 Å². The highest BCUT2D eigenvalue weighted by Gasteiger charge is 2.31. The minimum Gasteiger partial charge on any atom is -0.355 e. The Bertz CT molecular complexity index is 321. The smallest absolute Gasteiger partial charge is 0.147 e. The average Bonchev–Trinajstić information content (AvgIpc) is 3.11. The summed E-state index contributed by atoms with van der Waals surface area (Å²) in [5, 5.41) is 0. The minimum absolute atomic E-state index is 0.426. The molecule has 2 rings (SSSR count). The molecule has 0 aliphatic heterocycles. The normalized spacial score (nSPS) is 17.5. The molecule has 1 heterocycles. The molecule has 0 amide bonds. The van der Waals surface area contributed by atoms with E-state index < -0.39 is 0 Å². The zero-order valence-electron chi connectivity index (χ0n) is 9.15. The predicted molar refractivity (Wildman–Crippen MR) is 62.2 cm³/mol. The van der Waals surface area contributed by atoms with Crippen molar-refractivity contribution < 1.29 is 0 Å². The standard InChI is InChI=1S/C11H16ClN3/c1-8(9-3-4-9)15(2)11-7-13-10(5-12)6-14-11/h6-9H,3-5H2,1-2H3. The second-order valence-corrected chi connectivity index (χ2v) is 4.46. The molecule has 0 aromatic carbocycles. The maximum absolute atomic E-state index is 5.67. The van der Waals surface area contributed by atoms with Gasteiger partial charge in [0.15, 0.2) is 0 Å². The number of aromatic nitrogens is 2. The SMILES string of the molecule is CC(C1CC1)N(C)c1cnc(CCl)cn1. The lowest BCUT2D eigenvalue weighted by atomic mass is 10.2. The van der Waals surface area contributed by atoms with Crippen molar-refractivity contribution >= 4 is 17.4 Å². The molecule has 1 aliphatic carbocycles. The van der Waals surface area contributed by atoms with Crippen molar-refractivity contribution in [3.05, 3.63) is 18.1 Å². The summed E-state index contributed by atoms with van der Waals surface area (Å²) in [7, 11) is 2.08. The fourth-order valence-electron chi connectivity index (χ4n) is 1.70. The Morgan fingerprint density at radius 2 is 2.20 bits per heavy atom. The molecule has 0 N–H and O–H groups in total. The van der Waals surface area contributed by atoms with Crippen molar-refractivity contribution in [2.45, 2.75) is 31.7 Å². The van der Waals surface area contributed by atoms with Crippen LogP contribution in [0.15, 0.2) is 12.4 Å². The fourth-order valence-corrected chi connectivity index (χ4v) is 1.84. The van der Waals surface area contributed by atoms with Crippen LogP contribution in [-0.2, 0) is 5.88 Å². The highest BCUT2D eigenvalue weighted by atomic mass is 35.5. The van der Waals surface area contributed by atoms with Gasteiger partial charge in [0.25, 0.3) is 0 Å². The van der Waals surface area contributed by atoms with Gasteiger partial charge in [0.05, 0.1) is 24.0 Å². The van der Waals surface area contributed by atoms with Gasteiger partial charge in [-0.05, 0) is 25.7 Å². The van der Waals surface area contributed by atoms with Gasteiger partial charge in [-0.1, -0.05) is 0 Å². The molecule has 1 unspecified atom stereocenters. The summed E-state index contributed by atoms with van der Waals surface area (Å²) in [6.07, 6.45) is 6.24. The Labute approximate surface area is 95.5 Å². The van der Waals surface area contributed by atoms with Crippen LogP contribution in [0.2, 0.25) is 0 Å². The third-order valence-corrected chi connectivity index (χ3v) is 3.38. The molecule has 0 saturated heterocycles. The van der Waals surface area contributed by atoms with Crippen molar-refractivity contribution in [2.75, 3.05) is 11.9 Å². The molecule has 3 nitrogen and oxygen atoms in total. The molecule has 1 aliphatic rings. The summed E-state index contributed by atoms with van der Waals surface area (Å²) in [4.78, 5) is 10.8. The van der Waals surface area contributed by atoms with Crippen LogP contribution in [0.5, 0.6) is 0 Å². The molecule has 15 heavy (non-hydrogen) atoms. The van der Waals surface area contributed by atoms with Crippen molar-refractivity contribution in [2.24, 2.45) is 5.92 Å². The predicted octanol–water partition coefficient (Wildman–Crippen LogP) is 2.45. The van der Waals surface area contributed by atoms with E-state index in [1.54, 1.807) is 12.4 Å². The zero-order valence-corrected chi connectivity index (χ0v) is 9.91. The minimum atomic E-state index is 0.426. The first-order chi connectivity index (χ1) is 7.22. The molecular weight excluding hydrogens is 210 g/mol. The van der Waals surface area contributed by atoms with Crippen LogP contribution in [0.25, 0.3) is 0 Å². The van der Waals surface area contributed by atoms with E-state index in [1.165, 1.54) is 12.8 Å². The Morgan fingerprint density at radius 3 is 2.67 bits per heavy atom. The Hall–Kier alpha value is -0.830. The molecule has 1 aromatic rings. The van der Waals surface area contributed by atoms with Crippen LogP contribution in [0, 0.1) is 5.92 Å². The second-order valence-electron chi connectivity index (χ2n) is 4.19. The van der Waals surface area contributed by atoms with Gasteiger partial charge >= 0.3 is 0 Å². The molecule has 82 valence electrons. The molecule has 0 spiro atoms. The van der Waals surface area contributed by atoms with Gasteiger partial charge in [-0.2, -0.15) is 0 Å². The molecule has 1 atom stereocenters. The molecule has 1 fully saturated rings. The number of alkyl halides is 1. The van der Waals surface area contributed by atoms with Crippen LogP contribution in [-0.4, -0.2) is 23.1 Å². The quantitative estimate of drug-likeness (QED) is 0.738. The maximum Gasteiger partial charge on any atom is 0.147 e. The lowest BCUT2D eigenvalue weighted by Crippen LogP contribution is -2.31. The van der Waals surface area contributed by atoms with E-state index in [9.17, 15) is 0 Å². The number of hydrogen-bond acceptors (Lipinski definition) is 3. The maximum atomic E-state index is 5.67. The van der Waals surface area contributed by atoms with E-state index in [4.69, 9.17) is 11.6 Å². The molecule has 4 heteroatoms. The second kappa shape index (κ2) is 4.35. The number of anilines is 1. The van der Waals surface area contributed by atoms with E-state index in [2.05, 4.69) is 28.8 Å². The van der Waals surface area contributed by atoms with Crippen molar-refractivity contribution in [1.82, 2.24) is 9.97 Å². The summed E-state index contributed by atoms with van der Waals surface area (Å²) < 4.78 is 0. The first-order valence-electron chi connectivity index (χ1n) is 5.32. The summed E-state index contributed by atoms with van der Waals surface area (Å²) in [5.74, 6) is 2.20. The van der Waals surface area contributed by atoms with Crippen LogP contribution in [0.3, 0.4) is 0 Å². The lowest BCUT2D eigenvalue weighted by Gasteiger charge is -2.25. The highest BCUT2D eigenvalue weighted by molar-refractivity contribution is 6.16. The summed E-state index contributed by atoms with van der Waals surface area (Å²) >= 11 is 5.67. The topological polar surface area (TPSA) is 29.0 Å². The molecule has 1 aromatic heterocycles. The number of nitrogens with zero attached hydrogens (tertiary/aromatic N) is 3. The molecule has 0 bridgehead atoms. The van der Waals surface area contributed by atoms with Gasteiger partial charge in [-0.3, -0.25) is 4.98 Å². The van der Waals surface area contributed by atoms with Crippen LogP contribution in [0.1, 0.15) is 25.5 Å². The molecule has 1 saturated carbocycles. The molecular formula is C11H16ClN3. The summed E-state index contributed by atoms with van der Waals surface area (Å²) in [5.41, 5.74) is 0.827. The van der Waals surface area contributed by atoms with Crippen molar-refractivity contribution in [3.8, 4) is 0 Å². The number of rotatable bonds is 4. The van der Waals surface area contributed by atoms with E-state index in [1.807, 2.05) is 0 Å². The Balaban J connectivity index is 2.07. The van der Waals surface area contributed by atoms with Gasteiger partial charge in [-0.15, -0.1) is 11.6 Å². The fraction of sp³-hybridized carbons (Fsp3) is 0.636. The number of hydrogen-bond donors (Lipinski definition) is 0. The number of halogens is 1. The first kappa shape index (κ1) is 10.7. The average molecular weight is 226 g/mol. The van der Waals surface area contributed by atoms with Gasteiger partial charge in [0, 0.05) is 13.1 Å². The largest absolute Gasteiger partial charge is 0.355 e. The lowest BCUT2D eigenvalue weighted by molar-refractivity contribution is 0.602. The monoisotopic (exact) mass is 225 g/mol. The van der Waals surface area contributed by atoms with Crippen LogP contribution >= 0.6 is 11.6 Å². The first-order valence-corrected chi connectivity index (χ1v) is 5.85. The van der Waals surface area contributed by atoms with Crippen LogP contribution in [0.4, 0.5) is 5.82 Å². The van der Waals surface area contributed by atoms with E-state index in [0.29, 0.717) is 11.9 Å². The van der Waals surface area contributed by atoms with Gasteiger partial charge in [-0.25, -0.2) is 4.98 Å². The third-order valence-electron chi connectivity index (χ3n) is 3.11. The van der Waals surface area contributed by atoms with Gasteiger partial charge in [0.2, 0.25) is 0 Å². The summed E-state index contributed by atoms with van der Waals surface area (Å²) in [6, 6.07) is 0.557. The Kier molecular flexibility index (Phi) is 3.10. The molecule has 0 radical (unpaired) electrons. The van der Waals surface area contributed by atoms with E-state index >= 15 is 0 Å². The van der Waals surface area contributed by atoms with Crippen molar-refractivity contribution in [1.29, 1.82) is 0 Å².